The minimum atomic E-state index is -0.648. The van der Waals surface area contributed by atoms with E-state index in [9.17, 15) is 9.59 Å². The van der Waals surface area contributed by atoms with Gasteiger partial charge in [-0.2, -0.15) is 0 Å². The monoisotopic (exact) mass is 251 g/mol. The Kier molecular flexibility index (Phi) is 4.78. The van der Waals surface area contributed by atoms with Gasteiger partial charge in [0.1, 0.15) is 23.7 Å². The maximum absolute atomic E-state index is 11.4. The van der Waals surface area contributed by atoms with Gasteiger partial charge in [0.2, 0.25) is 0 Å². The number of ether oxygens (including phenoxy) is 1. The molecular formula is C10H13N5O3. The zero-order valence-corrected chi connectivity index (χ0v) is 9.47. The van der Waals surface area contributed by atoms with Crippen LogP contribution in [0.3, 0.4) is 0 Å². The Morgan fingerprint density at radius 1 is 1.28 bits per heavy atom. The number of hydrogen-bond acceptors (Lipinski definition) is 6. The number of carbonyl (C=O) groups is 2. The molecular weight excluding hydrogens is 238 g/mol. The number of amides is 2. The zero-order valence-electron chi connectivity index (χ0n) is 9.47. The summed E-state index contributed by atoms with van der Waals surface area (Å²) in [6.45, 7) is 3.70. The second-order valence-electron chi connectivity index (χ2n) is 3.12. The number of carbonyl (C=O) groups excluding carboxylic acids is 2. The van der Waals surface area contributed by atoms with Gasteiger partial charge in [-0.1, -0.05) is 12.7 Å². The normalized spacial score (nSPS) is 9.44. The molecule has 6 N–H and O–H groups in total. The summed E-state index contributed by atoms with van der Waals surface area (Å²) in [5.41, 5.74) is 3.70. The predicted molar refractivity (Wildman–Crippen MR) is 63.2 cm³/mol. The average Bonchev–Trinajstić information content (AvgIpc) is 2.42. The highest BCUT2D eigenvalue weighted by Crippen LogP contribution is 2.14. The third-order valence-electron chi connectivity index (χ3n) is 1.89. The van der Waals surface area contributed by atoms with Crippen molar-refractivity contribution in [2.45, 2.75) is 0 Å². The molecule has 96 valence electrons. The molecule has 18 heavy (non-hydrogen) atoms. The highest BCUT2D eigenvalue weighted by Gasteiger charge is 2.14. The topological polar surface area (TPSA) is 132 Å². The third kappa shape index (κ3) is 3.27. The molecule has 0 atom stereocenters. The lowest BCUT2D eigenvalue weighted by Gasteiger charge is -2.08. The first-order chi connectivity index (χ1) is 8.62. The molecule has 0 aliphatic carbocycles. The fourth-order valence-electron chi connectivity index (χ4n) is 1.12. The van der Waals surface area contributed by atoms with E-state index in [1.807, 2.05) is 10.9 Å². The summed E-state index contributed by atoms with van der Waals surface area (Å²) in [6.07, 6.45) is 1.52. The highest BCUT2D eigenvalue weighted by atomic mass is 16.5. The number of hydrogen-bond donors (Lipinski definition) is 4. The molecule has 1 aromatic rings. The molecule has 0 fully saturated rings. The van der Waals surface area contributed by atoms with Crippen molar-refractivity contribution in [3.63, 3.8) is 0 Å². The number of hydrazine groups is 2. The van der Waals surface area contributed by atoms with Crippen LogP contribution in [0.15, 0.2) is 24.8 Å². The van der Waals surface area contributed by atoms with E-state index in [0.29, 0.717) is 0 Å². The molecule has 8 nitrogen and oxygen atoms in total. The van der Waals surface area contributed by atoms with Gasteiger partial charge in [0.05, 0.1) is 0 Å². The average molecular weight is 251 g/mol. The summed E-state index contributed by atoms with van der Waals surface area (Å²) in [5.74, 6) is 8.97. The van der Waals surface area contributed by atoms with E-state index >= 15 is 0 Å². The molecule has 0 aromatic carbocycles. The van der Waals surface area contributed by atoms with Crippen molar-refractivity contribution in [2.24, 2.45) is 11.7 Å². The molecule has 0 unspecified atom stereocenters. The van der Waals surface area contributed by atoms with E-state index in [2.05, 4.69) is 11.6 Å². The van der Waals surface area contributed by atoms with Crippen LogP contribution >= 0.6 is 0 Å². The fraction of sp³-hybridized carbons (Fsp3) is 0.100. The van der Waals surface area contributed by atoms with Crippen molar-refractivity contribution in [3.05, 3.63) is 36.2 Å². The Hall–Kier alpha value is -2.45. The first-order valence-electron chi connectivity index (χ1n) is 4.90. The van der Waals surface area contributed by atoms with Crippen LogP contribution in [0.25, 0.3) is 0 Å². The largest absolute Gasteiger partial charge is 0.489 e. The second-order valence-corrected chi connectivity index (χ2v) is 3.12. The summed E-state index contributed by atoms with van der Waals surface area (Å²) in [7, 11) is 0. The number of pyridine rings is 1. The van der Waals surface area contributed by atoms with E-state index in [4.69, 9.17) is 16.4 Å². The molecule has 0 radical (unpaired) electrons. The molecule has 0 spiro atoms. The number of nitrogen functional groups attached to an aromatic ring is 2. The second kappa shape index (κ2) is 6.33. The van der Waals surface area contributed by atoms with Crippen molar-refractivity contribution >= 4 is 11.8 Å². The molecule has 1 aromatic heterocycles. The van der Waals surface area contributed by atoms with Crippen LogP contribution in [-0.4, -0.2) is 23.4 Å². The first kappa shape index (κ1) is 13.6. The molecule has 0 saturated carbocycles. The minimum absolute atomic E-state index is 0.0577. The van der Waals surface area contributed by atoms with Gasteiger partial charge < -0.3 is 4.74 Å². The van der Waals surface area contributed by atoms with Gasteiger partial charge in [0, 0.05) is 12.1 Å². The summed E-state index contributed by atoms with van der Waals surface area (Å²) < 4.78 is 5.23. The Balaban J connectivity index is 3.14. The fourth-order valence-corrected chi connectivity index (χ4v) is 1.12. The van der Waals surface area contributed by atoms with Crippen molar-refractivity contribution in [2.75, 3.05) is 6.61 Å². The van der Waals surface area contributed by atoms with Crippen molar-refractivity contribution in [1.29, 1.82) is 0 Å². The van der Waals surface area contributed by atoms with E-state index in [0.717, 1.165) is 0 Å². The van der Waals surface area contributed by atoms with Crippen LogP contribution < -0.4 is 27.3 Å². The van der Waals surface area contributed by atoms with Crippen LogP contribution in [0.2, 0.25) is 0 Å². The third-order valence-corrected chi connectivity index (χ3v) is 1.89. The first-order valence-corrected chi connectivity index (χ1v) is 4.90. The summed E-state index contributed by atoms with van der Waals surface area (Å²) in [6, 6.07) is 2.69. The molecule has 0 aliphatic rings. The molecule has 0 saturated heterocycles. The predicted octanol–water partition coefficient (Wildman–Crippen LogP) is -1.15. The molecule has 0 bridgehead atoms. The van der Waals surface area contributed by atoms with Gasteiger partial charge in [-0.3, -0.25) is 20.4 Å². The Morgan fingerprint density at radius 2 is 1.78 bits per heavy atom. The molecule has 2 amide bonds. The van der Waals surface area contributed by atoms with Gasteiger partial charge in [0.25, 0.3) is 11.8 Å². The van der Waals surface area contributed by atoms with Gasteiger partial charge >= 0.3 is 0 Å². The van der Waals surface area contributed by atoms with Crippen LogP contribution in [0, 0.1) is 0 Å². The smallest absolute Gasteiger partial charge is 0.283 e. The molecule has 1 rings (SSSR count). The molecule has 8 heteroatoms. The minimum Gasteiger partial charge on any atom is -0.489 e. The SMILES string of the molecule is C=CCOc1cc(C(=O)NN)nc(C(=O)NN)c1. The van der Waals surface area contributed by atoms with Gasteiger partial charge in [0.15, 0.2) is 0 Å². The number of aromatic nitrogens is 1. The van der Waals surface area contributed by atoms with Crippen LogP contribution in [0.4, 0.5) is 0 Å². The van der Waals surface area contributed by atoms with Crippen LogP contribution in [-0.2, 0) is 0 Å². The highest BCUT2D eigenvalue weighted by molar-refractivity contribution is 5.96. The number of nitrogens with two attached hydrogens (primary N) is 2. The number of nitrogens with one attached hydrogen (secondary N) is 2. The van der Waals surface area contributed by atoms with Crippen molar-refractivity contribution < 1.29 is 14.3 Å². The van der Waals surface area contributed by atoms with E-state index < -0.39 is 11.8 Å². The number of nitrogens with zero attached hydrogens (tertiary/aromatic N) is 1. The molecule has 1 heterocycles. The lowest BCUT2D eigenvalue weighted by atomic mass is 10.2. The van der Waals surface area contributed by atoms with Crippen LogP contribution in [0.1, 0.15) is 21.0 Å². The molecule has 0 aliphatic heterocycles. The summed E-state index contributed by atoms with van der Waals surface area (Å²) in [4.78, 5) is 26.5. The van der Waals surface area contributed by atoms with Gasteiger partial charge in [-0.15, -0.1) is 0 Å². The lowest BCUT2D eigenvalue weighted by molar-refractivity contribution is 0.0943. The van der Waals surface area contributed by atoms with E-state index in [1.165, 1.54) is 18.2 Å². The van der Waals surface area contributed by atoms with Crippen LogP contribution in [0.5, 0.6) is 5.75 Å². The maximum Gasteiger partial charge on any atom is 0.283 e. The Bertz CT molecular complexity index is 440. The van der Waals surface area contributed by atoms with E-state index in [1.54, 1.807) is 0 Å². The number of rotatable bonds is 5. The van der Waals surface area contributed by atoms with E-state index in [-0.39, 0.29) is 23.7 Å². The summed E-state index contributed by atoms with van der Waals surface area (Å²) >= 11 is 0. The van der Waals surface area contributed by atoms with Crippen molar-refractivity contribution in [1.82, 2.24) is 15.8 Å². The van der Waals surface area contributed by atoms with Crippen molar-refractivity contribution in [3.8, 4) is 5.75 Å². The van der Waals surface area contributed by atoms with Gasteiger partial charge in [-0.25, -0.2) is 16.7 Å². The Labute approximate surface area is 103 Å². The maximum atomic E-state index is 11.4. The quantitative estimate of drug-likeness (QED) is 0.226. The Morgan fingerprint density at radius 3 is 2.17 bits per heavy atom. The standard InChI is InChI=1S/C10H13N5O3/c1-2-3-18-6-4-7(9(16)14-11)13-8(5-6)10(17)15-12/h2,4-5H,1,3,11-12H2,(H,14,16)(H,15,17). The zero-order chi connectivity index (χ0) is 13.5. The summed E-state index contributed by atoms with van der Waals surface area (Å²) in [5, 5.41) is 0. The lowest BCUT2D eigenvalue weighted by Crippen LogP contribution is -2.33. The van der Waals surface area contributed by atoms with Gasteiger partial charge in [-0.05, 0) is 0 Å².